The number of ether oxygens (including phenoxy) is 1. The first kappa shape index (κ1) is 20.8. The molecule has 0 spiro atoms. The molecule has 148 valence electrons. The van der Waals surface area contributed by atoms with Gasteiger partial charge in [0.25, 0.3) is 0 Å². The molecule has 4 nitrogen and oxygen atoms in total. The number of amides is 1. The lowest BCUT2D eigenvalue weighted by Crippen LogP contribution is -2.19. The van der Waals surface area contributed by atoms with Crippen molar-refractivity contribution >= 4 is 28.1 Å². The maximum atomic E-state index is 12.1. The highest BCUT2D eigenvalue weighted by Crippen LogP contribution is 2.16. The zero-order chi connectivity index (χ0) is 20.6. The van der Waals surface area contributed by atoms with Gasteiger partial charge in [-0.2, -0.15) is 5.10 Å². The van der Waals surface area contributed by atoms with E-state index in [0.717, 1.165) is 26.9 Å². The van der Waals surface area contributed by atoms with Crippen molar-refractivity contribution in [2.75, 3.05) is 0 Å². The lowest BCUT2D eigenvalue weighted by Gasteiger charge is -2.07. The van der Waals surface area contributed by atoms with Crippen molar-refractivity contribution in [1.82, 2.24) is 5.43 Å². The van der Waals surface area contributed by atoms with Gasteiger partial charge in [-0.1, -0.05) is 58.4 Å². The predicted molar refractivity (Wildman–Crippen MR) is 120 cm³/mol. The van der Waals surface area contributed by atoms with Gasteiger partial charge in [0.1, 0.15) is 12.4 Å². The Morgan fingerprint density at radius 3 is 2.52 bits per heavy atom. The molecule has 0 saturated carbocycles. The molecule has 0 aliphatic heterocycles. The summed E-state index contributed by atoms with van der Waals surface area (Å²) in [5.41, 5.74) is 7.89. The van der Waals surface area contributed by atoms with Crippen LogP contribution in [0.3, 0.4) is 0 Å². The summed E-state index contributed by atoms with van der Waals surface area (Å²) in [6.07, 6.45) is 1.92. The van der Waals surface area contributed by atoms with E-state index < -0.39 is 0 Å². The fourth-order valence-electron chi connectivity index (χ4n) is 2.75. The maximum Gasteiger partial charge on any atom is 0.244 e. The summed E-state index contributed by atoms with van der Waals surface area (Å²) in [6, 6.07) is 21.6. The van der Waals surface area contributed by atoms with Crippen LogP contribution in [0, 0.1) is 13.8 Å². The summed E-state index contributed by atoms with van der Waals surface area (Å²) < 4.78 is 6.88. The van der Waals surface area contributed by atoms with Gasteiger partial charge in [0.2, 0.25) is 5.91 Å². The average molecular weight is 451 g/mol. The lowest BCUT2D eigenvalue weighted by molar-refractivity contribution is -0.120. The monoisotopic (exact) mass is 450 g/mol. The second-order valence-corrected chi connectivity index (χ2v) is 7.79. The molecule has 1 N–H and O–H groups in total. The molecule has 0 bridgehead atoms. The Hall–Kier alpha value is -2.92. The molecule has 29 heavy (non-hydrogen) atoms. The molecule has 1 amide bonds. The third-order valence-electron chi connectivity index (χ3n) is 4.52. The minimum absolute atomic E-state index is 0.146. The van der Waals surface area contributed by atoms with Crippen LogP contribution in [0.1, 0.15) is 27.8 Å². The Morgan fingerprint density at radius 2 is 1.76 bits per heavy atom. The number of carbonyl (C=O) groups excluding carboxylic acids is 1. The third kappa shape index (κ3) is 6.57. The molecule has 0 aliphatic carbocycles. The maximum absolute atomic E-state index is 12.1. The number of halogens is 1. The molecule has 3 rings (SSSR count). The van der Waals surface area contributed by atoms with Gasteiger partial charge in [-0.15, -0.1) is 0 Å². The van der Waals surface area contributed by atoms with E-state index in [-0.39, 0.29) is 5.91 Å². The highest BCUT2D eigenvalue weighted by molar-refractivity contribution is 9.10. The van der Waals surface area contributed by atoms with Gasteiger partial charge in [0.05, 0.1) is 12.6 Å². The summed E-state index contributed by atoms with van der Waals surface area (Å²) in [7, 11) is 0. The molecular formula is C24H23BrN2O2. The number of aryl methyl sites for hydroxylation is 2. The number of carbonyl (C=O) groups is 1. The molecule has 0 heterocycles. The molecule has 0 aromatic heterocycles. The van der Waals surface area contributed by atoms with Crippen LogP contribution in [0.15, 0.2) is 76.3 Å². The molecule has 5 heteroatoms. The number of hydrogen-bond acceptors (Lipinski definition) is 3. The highest BCUT2D eigenvalue weighted by Gasteiger charge is 2.03. The van der Waals surface area contributed by atoms with Gasteiger partial charge < -0.3 is 4.74 Å². The summed E-state index contributed by atoms with van der Waals surface area (Å²) in [5.74, 6) is 0.602. The largest absolute Gasteiger partial charge is 0.489 e. The Labute approximate surface area is 179 Å². The molecule has 0 atom stereocenters. The minimum Gasteiger partial charge on any atom is -0.489 e. The Bertz CT molecular complexity index is 1010. The van der Waals surface area contributed by atoms with Gasteiger partial charge >= 0.3 is 0 Å². The van der Waals surface area contributed by atoms with E-state index in [4.69, 9.17) is 4.74 Å². The standard InChI is InChI=1S/C24H23BrN2O2/c1-17-6-7-20(12-18(17)2)14-24(28)27-26-15-21-4-3-5-23(13-21)29-16-19-8-10-22(25)11-9-19/h3-13,15H,14,16H2,1-2H3,(H,27,28)/b26-15-. The van der Waals surface area contributed by atoms with E-state index in [9.17, 15) is 4.79 Å². The molecule has 0 unspecified atom stereocenters. The van der Waals surface area contributed by atoms with Crippen molar-refractivity contribution in [3.63, 3.8) is 0 Å². The van der Waals surface area contributed by atoms with Gasteiger partial charge in [-0.25, -0.2) is 5.43 Å². The minimum atomic E-state index is -0.146. The van der Waals surface area contributed by atoms with Crippen molar-refractivity contribution in [1.29, 1.82) is 0 Å². The summed E-state index contributed by atoms with van der Waals surface area (Å²) in [6.45, 7) is 4.58. The van der Waals surface area contributed by atoms with Crippen LogP contribution < -0.4 is 10.2 Å². The zero-order valence-corrected chi connectivity index (χ0v) is 18.1. The molecule has 0 radical (unpaired) electrons. The number of hydrazone groups is 1. The predicted octanol–water partition coefficient (Wildman–Crippen LogP) is 5.34. The fourth-order valence-corrected chi connectivity index (χ4v) is 3.01. The van der Waals surface area contributed by atoms with E-state index in [1.807, 2.05) is 73.7 Å². The van der Waals surface area contributed by atoms with Crippen molar-refractivity contribution in [3.8, 4) is 5.75 Å². The molecule has 3 aromatic carbocycles. The van der Waals surface area contributed by atoms with Crippen LogP contribution in [0.2, 0.25) is 0 Å². The summed E-state index contributed by atoms with van der Waals surface area (Å²) in [5, 5.41) is 4.06. The van der Waals surface area contributed by atoms with Crippen LogP contribution >= 0.6 is 15.9 Å². The van der Waals surface area contributed by atoms with Crippen LogP contribution in [0.5, 0.6) is 5.75 Å². The first-order valence-corrected chi connectivity index (χ1v) is 10.1. The Balaban J connectivity index is 1.52. The van der Waals surface area contributed by atoms with Crippen LogP contribution in [0.25, 0.3) is 0 Å². The quantitative estimate of drug-likeness (QED) is 0.390. The number of nitrogens with one attached hydrogen (secondary N) is 1. The van der Waals surface area contributed by atoms with E-state index in [1.54, 1.807) is 6.21 Å². The van der Waals surface area contributed by atoms with E-state index in [2.05, 4.69) is 33.4 Å². The van der Waals surface area contributed by atoms with Crippen molar-refractivity contribution < 1.29 is 9.53 Å². The molecule has 0 saturated heterocycles. The number of nitrogens with zero attached hydrogens (tertiary/aromatic N) is 1. The SMILES string of the molecule is Cc1ccc(CC(=O)N/N=C\c2cccc(OCc3ccc(Br)cc3)c2)cc1C. The van der Waals surface area contributed by atoms with Crippen LogP contribution in [-0.4, -0.2) is 12.1 Å². The van der Waals surface area contributed by atoms with Gasteiger partial charge in [0.15, 0.2) is 0 Å². The third-order valence-corrected chi connectivity index (χ3v) is 5.04. The number of hydrogen-bond donors (Lipinski definition) is 1. The topological polar surface area (TPSA) is 50.7 Å². The van der Waals surface area contributed by atoms with Gasteiger partial charge in [-0.3, -0.25) is 4.79 Å². The smallest absolute Gasteiger partial charge is 0.244 e. The fraction of sp³-hybridized carbons (Fsp3) is 0.167. The van der Waals surface area contributed by atoms with Crippen LogP contribution in [0.4, 0.5) is 0 Å². The van der Waals surface area contributed by atoms with Gasteiger partial charge in [-0.05, 0) is 65.9 Å². The summed E-state index contributed by atoms with van der Waals surface area (Å²) in [4.78, 5) is 12.1. The van der Waals surface area contributed by atoms with Crippen molar-refractivity contribution in [3.05, 3.63) is 99.0 Å². The van der Waals surface area contributed by atoms with Crippen LogP contribution in [-0.2, 0) is 17.8 Å². The van der Waals surface area contributed by atoms with Crippen molar-refractivity contribution in [2.45, 2.75) is 26.9 Å². The van der Waals surface area contributed by atoms with Gasteiger partial charge in [0, 0.05) is 4.47 Å². The Kier molecular flexibility index (Phi) is 7.19. The molecule has 0 fully saturated rings. The number of rotatable bonds is 7. The second-order valence-electron chi connectivity index (χ2n) is 6.88. The summed E-state index contributed by atoms with van der Waals surface area (Å²) >= 11 is 3.42. The molecule has 3 aromatic rings. The van der Waals surface area contributed by atoms with E-state index >= 15 is 0 Å². The first-order valence-electron chi connectivity index (χ1n) is 9.35. The average Bonchev–Trinajstić information content (AvgIpc) is 2.71. The van der Waals surface area contributed by atoms with E-state index in [0.29, 0.717) is 13.0 Å². The highest BCUT2D eigenvalue weighted by atomic mass is 79.9. The molecular weight excluding hydrogens is 428 g/mol. The molecule has 0 aliphatic rings. The number of benzene rings is 3. The normalized spacial score (nSPS) is 10.9. The zero-order valence-electron chi connectivity index (χ0n) is 16.5. The Morgan fingerprint density at radius 1 is 1.00 bits per heavy atom. The van der Waals surface area contributed by atoms with E-state index in [1.165, 1.54) is 11.1 Å². The first-order chi connectivity index (χ1) is 14.0. The van der Waals surface area contributed by atoms with Crippen molar-refractivity contribution in [2.24, 2.45) is 5.10 Å². The lowest BCUT2D eigenvalue weighted by atomic mass is 10.0. The second kappa shape index (κ2) is 10.0.